The van der Waals surface area contributed by atoms with Gasteiger partial charge in [0.05, 0.1) is 6.54 Å². The molecule has 0 aliphatic carbocycles. The van der Waals surface area contributed by atoms with Crippen molar-refractivity contribution in [2.24, 2.45) is 0 Å². The Hall–Kier alpha value is -3.09. The summed E-state index contributed by atoms with van der Waals surface area (Å²) in [7, 11) is 0. The molecule has 3 heterocycles. The van der Waals surface area contributed by atoms with Gasteiger partial charge >= 0.3 is 0 Å². The second kappa shape index (κ2) is 10.2. The highest BCUT2D eigenvalue weighted by atomic mass is 35.5. The second-order valence-corrected chi connectivity index (χ2v) is 8.73. The predicted octanol–water partition coefficient (Wildman–Crippen LogP) is 2.00. The SMILES string of the molecule is Cc1nc(C#N)c(N2CCN(C(=O)CN3CCCN(C(=O)c4cccc(Cl)c4)CC3)CC2)o1. The van der Waals surface area contributed by atoms with Crippen LogP contribution in [0.4, 0.5) is 5.88 Å². The third kappa shape index (κ3) is 5.46. The average molecular weight is 471 g/mol. The normalized spacial score (nSPS) is 17.5. The fourth-order valence-electron chi connectivity index (χ4n) is 4.29. The van der Waals surface area contributed by atoms with E-state index in [1.54, 1.807) is 31.2 Å². The zero-order valence-corrected chi connectivity index (χ0v) is 19.4. The van der Waals surface area contributed by atoms with E-state index in [1.165, 1.54) is 0 Å². The van der Waals surface area contributed by atoms with E-state index in [0.717, 1.165) is 13.0 Å². The van der Waals surface area contributed by atoms with Gasteiger partial charge in [-0.3, -0.25) is 14.5 Å². The van der Waals surface area contributed by atoms with E-state index >= 15 is 0 Å². The number of piperazine rings is 1. The van der Waals surface area contributed by atoms with E-state index in [0.29, 0.717) is 74.7 Å². The molecular weight excluding hydrogens is 444 g/mol. The summed E-state index contributed by atoms with van der Waals surface area (Å²) < 4.78 is 5.59. The van der Waals surface area contributed by atoms with Crippen molar-refractivity contribution in [3.63, 3.8) is 0 Å². The molecule has 2 saturated heterocycles. The molecule has 0 atom stereocenters. The molecular formula is C23H27ClN6O3. The number of aryl methyl sites for hydroxylation is 1. The number of halogens is 1. The summed E-state index contributed by atoms with van der Waals surface area (Å²) in [4.78, 5) is 37.6. The highest BCUT2D eigenvalue weighted by Crippen LogP contribution is 2.22. The van der Waals surface area contributed by atoms with Crippen molar-refractivity contribution < 1.29 is 14.0 Å². The number of hydrogen-bond acceptors (Lipinski definition) is 7. The van der Waals surface area contributed by atoms with Crippen molar-refractivity contribution in [2.75, 3.05) is 63.8 Å². The van der Waals surface area contributed by atoms with Gasteiger partial charge in [-0.05, 0) is 24.6 Å². The standard InChI is InChI=1S/C23H27ClN6O3/c1-17-26-20(15-25)23(33-17)30-12-10-28(11-13-30)21(31)16-27-6-3-7-29(9-8-27)22(32)18-4-2-5-19(24)14-18/h2,4-5,14H,3,6-13,16H2,1H3. The molecule has 2 aliphatic heterocycles. The van der Waals surface area contributed by atoms with Gasteiger partial charge in [-0.2, -0.15) is 5.26 Å². The number of benzene rings is 1. The Labute approximate surface area is 198 Å². The van der Waals surface area contributed by atoms with E-state index in [2.05, 4.69) is 16.0 Å². The summed E-state index contributed by atoms with van der Waals surface area (Å²) in [6.07, 6.45) is 0.815. The number of amides is 2. The molecule has 1 aromatic heterocycles. The lowest BCUT2D eigenvalue weighted by Gasteiger charge is -2.35. The number of anilines is 1. The van der Waals surface area contributed by atoms with Crippen LogP contribution in [0.3, 0.4) is 0 Å². The Balaban J connectivity index is 1.27. The largest absolute Gasteiger partial charge is 0.424 e. The van der Waals surface area contributed by atoms with Crippen LogP contribution in [0.15, 0.2) is 28.7 Å². The molecule has 2 amide bonds. The van der Waals surface area contributed by atoms with Crippen molar-refractivity contribution >= 4 is 29.3 Å². The first kappa shape index (κ1) is 23.1. The maximum absolute atomic E-state index is 12.9. The van der Waals surface area contributed by atoms with Crippen LogP contribution in [0.2, 0.25) is 5.02 Å². The molecule has 4 rings (SSSR count). The topological polar surface area (TPSA) is 96.9 Å². The summed E-state index contributed by atoms with van der Waals surface area (Å²) in [5, 5.41) is 9.78. The summed E-state index contributed by atoms with van der Waals surface area (Å²) >= 11 is 6.03. The monoisotopic (exact) mass is 470 g/mol. The van der Waals surface area contributed by atoms with Gasteiger partial charge in [0.25, 0.3) is 5.91 Å². The van der Waals surface area contributed by atoms with Crippen LogP contribution < -0.4 is 4.90 Å². The molecule has 0 N–H and O–H groups in total. The first-order chi connectivity index (χ1) is 15.9. The Bertz CT molecular complexity index is 1060. The number of hydrogen-bond donors (Lipinski definition) is 0. The third-order valence-corrected chi connectivity index (χ3v) is 6.28. The zero-order chi connectivity index (χ0) is 23.4. The first-order valence-electron chi connectivity index (χ1n) is 11.1. The molecule has 33 heavy (non-hydrogen) atoms. The molecule has 1 aromatic carbocycles. The molecule has 9 nitrogen and oxygen atoms in total. The minimum atomic E-state index is -0.0267. The van der Waals surface area contributed by atoms with Gasteiger partial charge < -0.3 is 19.1 Å². The van der Waals surface area contributed by atoms with Gasteiger partial charge in [-0.1, -0.05) is 17.7 Å². The van der Waals surface area contributed by atoms with E-state index in [-0.39, 0.29) is 17.5 Å². The molecule has 0 saturated carbocycles. The molecule has 2 fully saturated rings. The minimum absolute atomic E-state index is 0.0267. The van der Waals surface area contributed by atoms with E-state index in [9.17, 15) is 14.9 Å². The molecule has 0 radical (unpaired) electrons. The van der Waals surface area contributed by atoms with Crippen molar-refractivity contribution in [3.8, 4) is 6.07 Å². The summed E-state index contributed by atoms with van der Waals surface area (Å²) in [5.74, 6) is 1.00. The average Bonchev–Trinajstić information content (AvgIpc) is 3.05. The number of aromatic nitrogens is 1. The van der Waals surface area contributed by atoms with Gasteiger partial charge in [0.2, 0.25) is 17.5 Å². The zero-order valence-electron chi connectivity index (χ0n) is 18.7. The van der Waals surface area contributed by atoms with Crippen molar-refractivity contribution in [1.82, 2.24) is 19.7 Å². The Morgan fingerprint density at radius 2 is 1.85 bits per heavy atom. The quantitative estimate of drug-likeness (QED) is 0.674. The highest BCUT2D eigenvalue weighted by molar-refractivity contribution is 6.30. The number of carbonyl (C=O) groups excluding carboxylic acids is 2. The van der Waals surface area contributed by atoms with Crippen LogP contribution in [0, 0.1) is 18.3 Å². The van der Waals surface area contributed by atoms with Crippen LogP contribution in [-0.4, -0.2) is 90.4 Å². The first-order valence-corrected chi connectivity index (χ1v) is 11.5. The molecule has 2 aliphatic rings. The van der Waals surface area contributed by atoms with Crippen LogP contribution in [-0.2, 0) is 4.79 Å². The number of oxazole rings is 1. The van der Waals surface area contributed by atoms with Gasteiger partial charge in [0.1, 0.15) is 6.07 Å². The lowest BCUT2D eigenvalue weighted by molar-refractivity contribution is -0.132. The molecule has 0 unspecified atom stereocenters. The van der Waals surface area contributed by atoms with Gasteiger partial charge in [-0.25, -0.2) is 4.98 Å². The Kier molecular flexibility index (Phi) is 7.16. The van der Waals surface area contributed by atoms with Crippen LogP contribution in [0.1, 0.15) is 28.4 Å². The van der Waals surface area contributed by atoms with E-state index in [1.807, 2.05) is 14.7 Å². The van der Waals surface area contributed by atoms with Crippen molar-refractivity contribution in [2.45, 2.75) is 13.3 Å². The highest BCUT2D eigenvalue weighted by Gasteiger charge is 2.27. The predicted molar refractivity (Wildman–Crippen MR) is 123 cm³/mol. The summed E-state index contributed by atoms with van der Waals surface area (Å²) in [6, 6.07) is 9.06. The van der Waals surface area contributed by atoms with Gasteiger partial charge in [0, 0.05) is 69.9 Å². The Morgan fingerprint density at radius 3 is 2.58 bits per heavy atom. The van der Waals surface area contributed by atoms with Crippen LogP contribution in [0.25, 0.3) is 0 Å². The van der Waals surface area contributed by atoms with Crippen molar-refractivity contribution in [1.29, 1.82) is 5.26 Å². The van der Waals surface area contributed by atoms with Crippen LogP contribution >= 0.6 is 11.6 Å². The number of carbonyl (C=O) groups is 2. The number of rotatable bonds is 4. The molecule has 174 valence electrons. The van der Waals surface area contributed by atoms with Gasteiger partial charge in [-0.15, -0.1) is 0 Å². The smallest absolute Gasteiger partial charge is 0.253 e. The minimum Gasteiger partial charge on any atom is -0.424 e. The Morgan fingerprint density at radius 1 is 1.09 bits per heavy atom. The third-order valence-electron chi connectivity index (χ3n) is 6.05. The molecule has 0 spiro atoms. The van der Waals surface area contributed by atoms with E-state index in [4.69, 9.17) is 16.0 Å². The number of nitrogens with zero attached hydrogens (tertiary/aromatic N) is 6. The lowest BCUT2D eigenvalue weighted by atomic mass is 10.2. The maximum atomic E-state index is 12.9. The number of nitriles is 1. The fraction of sp³-hybridized carbons (Fsp3) is 0.478. The molecule has 0 bridgehead atoms. The molecule has 10 heteroatoms. The molecule has 2 aromatic rings. The van der Waals surface area contributed by atoms with E-state index < -0.39 is 0 Å². The van der Waals surface area contributed by atoms with Crippen molar-refractivity contribution in [3.05, 3.63) is 46.4 Å². The lowest BCUT2D eigenvalue weighted by Crippen LogP contribution is -2.51. The second-order valence-electron chi connectivity index (χ2n) is 8.30. The summed E-state index contributed by atoms with van der Waals surface area (Å²) in [6.45, 7) is 7.04. The maximum Gasteiger partial charge on any atom is 0.253 e. The fourth-order valence-corrected chi connectivity index (χ4v) is 4.48. The summed E-state index contributed by atoms with van der Waals surface area (Å²) in [5.41, 5.74) is 0.875. The van der Waals surface area contributed by atoms with Gasteiger partial charge in [0.15, 0.2) is 5.89 Å². The van der Waals surface area contributed by atoms with Crippen LogP contribution in [0.5, 0.6) is 0 Å².